The maximum atomic E-state index is 12.3. The first-order valence-electron chi connectivity index (χ1n) is 10.9. The Morgan fingerprint density at radius 2 is 1.83 bits per heavy atom. The van der Waals surface area contributed by atoms with Gasteiger partial charge >= 0.3 is 12.1 Å². The smallest absolute Gasteiger partial charge is 0.408 e. The summed E-state index contributed by atoms with van der Waals surface area (Å²) in [6, 6.07) is -0.971. The number of rotatable bonds is 6. The summed E-state index contributed by atoms with van der Waals surface area (Å²) in [4.78, 5) is 24.6. The SMILES string of the molecule is COC(=O)[C@H](C[C@@H]1O[C@@]2(C[C@H](C)CC[C@H]2C(C)C)O[C@@H]1CO)NC(=O)OC(C)(C)C. The van der Waals surface area contributed by atoms with Gasteiger partial charge in [0, 0.05) is 18.8 Å². The van der Waals surface area contributed by atoms with Gasteiger partial charge in [-0.15, -0.1) is 0 Å². The zero-order valence-electron chi connectivity index (χ0n) is 19.4. The number of ether oxygens (including phenoxy) is 4. The molecule has 1 amide bonds. The molecule has 2 rings (SSSR count). The van der Waals surface area contributed by atoms with Crippen molar-refractivity contribution in [2.24, 2.45) is 17.8 Å². The summed E-state index contributed by atoms with van der Waals surface area (Å²) in [6.45, 7) is 11.5. The number of hydrogen-bond acceptors (Lipinski definition) is 7. The maximum Gasteiger partial charge on any atom is 0.408 e. The highest BCUT2D eigenvalue weighted by Crippen LogP contribution is 2.49. The van der Waals surface area contributed by atoms with Crippen LogP contribution >= 0.6 is 0 Å². The lowest BCUT2D eigenvalue weighted by molar-refractivity contribution is -0.246. The van der Waals surface area contributed by atoms with E-state index in [1.165, 1.54) is 7.11 Å². The van der Waals surface area contributed by atoms with Gasteiger partial charge < -0.3 is 29.4 Å². The normalized spacial score (nSPS) is 32.8. The fourth-order valence-corrected chi connectivity index (χ4v) is 4.62. The number of amides is 1. The zero-order valence-corrected chi connectivity index (χ0v) is 19.4. The van der Waals surface area contributed by atoms with Gasteiger partial charge in [0.05, 0.1) is 19.8 Å². The molecular weight excluding hydrogens is 390 g/mol. The number of aliphatic hydroxyl groups is 1. The van der Waals surface area contributed by atoms with E-state index in [-0.39, 0.29) is 18.9 Å². The molecule has 1 saturated carbocycles. The minimum atomic E-state index is -0.971. The summed E-state index contributed by atoms with van der Waals surface area (Å²) in [6.07, 6.45) is 1.11. The van der Waals surface area contributed by atoms with E-state index in [1.807, 2.05) is 0 Å². The number of carbonyl (C=O) groups excluding carboxylic acids is 2. The lowest BCUT2D eigenvalue weighted by atomic mass is 9.73. The van der Waals surface area contributed by atoms with Crippen LogP contribution < -0.4 is 5.32 Å². The van der Waals surface area contributed by atoms with Crippen molar-refractivity contribution < 1.29 is 33.6 Å². The van der Waals surface area contributed by atoms with E-state index in [9.17, 15) is 14.7 Å². The molecular formula is C22H39NO7. The Hall–Kier alpha value is -1.38. The summed E-state index contributed by atoms with van der Waals surface area (Å²) in [7, 11) is 1.26. The summed E-state index contributed by atoms with van der Waals surface area (Å²) in [5, 5.41) is 12.5. The second-order valence-corrected chi connectivity index (χ2v) is 10.0. The average molecular weight is 430 g/mol. The number of hydrogen-bond donors (Lipinski definition) is 2. The fraction of sp³-hybridized carbons (Fsp3) is 0.909. The predicted molar refractivity (Wildman–Crippen MR) is 111 cm³/mol. The molecule has 1 saturated heterocycles. The van der Waals surface area contributed by atoms with E-state index in [1.54, 1.807) is 20.8 Å². The average Bonchev–Trinajstić information content (AvgIpc) is 2.95. The molecule has 0 aromatic carbocycles. The van der Waals surface area contributed by atoms with E-state index >= 15 is 0 Å². The summed E-state index contributed by atoms with van der Waals surface area (Å²) in [5.41, 5.74) is -0.696. The van der Waals surface area contributed by atoms with Crippen LogP contribution in [0.15, 0.2) is 0 Å². The molecule has 0 aromatic heterocycles. The maximum absolute atomic E-state index is 12.3. The van der Waals surface area contributed by atoms with Gasteiger partial charge in [-0.05, 0) is 39.0 Å². The molecule has 1 aliphatic heterocycles. The number of methoxy groups -OCH3 is 1. The third-order valence-electron chi connectivity index (χ3n) is 5.91. The van der Waals surface area contributed by atoms with Crippen LogP contribution in [-0.4, -0.2) is 60.5 Å². The Morgan fingerprint density at radius 3 is 2.37 bits per heavy atom. The molecule has 0 aromatic rings. The molecule has 2 aliphatic rings. The summed E-state index contributed by atoms with van der Waals surface area (Å²) < 4.78 is 22.9. The monoisotopic (exact) mass is 429 g/mol. The fourth-order valence-electron chi connectivity index (χ4n) is 4.62. The Balaban J connectivity index is 2.18. The quantitative estimate of drug-likeness (QED) is 0.626. The Labute approximate surface area is 180 Å². The van der Waals surface area contributed by atoms with Crippen molar-refractivity contribution >= 4 is 12.1 Å². The number of alkyl carbamates (subject to hydrolysis) is 1. The molecule has 8 heteroatoms. The van der Waals surface area contributed by atoms with Crippen molar-refractivity contribution in [1.29, 1.82) is 0 Å². The minimum absolute atomic E-state index is 0.123. The Kier molecular flexibility index (Phi) is 8.15. The highest BCUT2D eigenvalue weighted by Gasteiger charge is 2.55. The van der Waals surface area contributed by atoms with Crippen LogP contribution in [-0.2, 0) is 23.7 Å². The van der Waals surface area contributed by atoms with Crippen molar-refractivity contribution in [3.63, 3.8) is 0 Å². The first-order chi connectivity index (χ1) is 13.9. The van der Waals surface area contributed by atoms with Crippen molar-refractivity contribution in [2.75, 3.05) is 13.7 Å². The van der Waals surface area contributed by atoms with Crippen LogP contribution in [0.3, 0.4) is 0 Å². The van der Waals surface area contributed by atoms with Gasteiger partial charge in [0.25, 0.3) is 0 Å². The highest BCUT2D eigenvalue weighted by molar-refractivity contribution is 5.81. The van der Waals surface area contributed by atoms with Crippen LogP contribution in [0.2, 0.25) is 0 Å². The van der Waals surface area contributed by atoms with Crippen molar-refractivity contribution in [3.05, 3.63) is 0 Å². The Bertz CT molecular complexity index is 603. The zero-order chi connectivity index (χ0) is 22.7. The largest absolute Gasteiger partial charge is 0.467 e. The van der Waals surface area contributed by atoms with Gasteiger partial charge in [-0.1, -0.05) is 27.2 Å². The molecule has 0 bridgehead atoms. The molecule has 1 spiro atoms. The van der Waals surface area contributed by atoms with Crippen LogP contribution in [0.5, 0.6) is 0 Å². The molecule has 0 radical (unpaired) electrons. The van der Waals surface area contributed by atoms with E-state index in [0.717, 1.165) is 19.3 Å². The third-order valence-corrected chi connectivity index (χ3v) is 5.91. The first-order valence-corrected chi connectivity index (χ1v) is 10.9. The molecule has 8 nitrogen and oxygen atoms in total. The van der Waals surface area contributed by atoms with Crippen molar-refractivity contribution in [2.45, 2.75) is 96.9 Å². The standard InChI is InChI=1S/C22H39NO7/c1-13(2)15-9-8-14(3)11-22(15)28-17(18(12-24)29-22)10-16(19(25)27-7)23-20(26)30-21(4,5)6/h13-18,24H,8-12H2,1-7H3,(H,23,26)/t14-,15+,16+,17+,18-,22+/m1/s1. The van der Waals surface area contributed by atoms with Crippen LogP contribution in [0.1, 0.15) is 67.2 Å². The topological polar surface area (TPSA) is 103 Å². The predicted octanol–water partition coefficient (Wildman–Crippen LogP) is 3.01. The molecule has 1 aliphatic carbocycles. The molecule has 30 heavy (non-hydrogen) atoms. The van der Waals surface area contributed by atoms with E-state index in [4.69, 9.17) is 18.9 Å². The molecule has 0 unspecified atom stereocenters. The van der Waals surface area contributed by atoms with Crippen LogP contribution in [0.25, 0.3) is 0 Å². The van der Waals surface area contributed by atoms with Gasteiger partial charge in [-0.25, -0.2) is 9.59 Å². The summed E-state index contributed by atoms with van der Waals surface area (Å²) in [5.74, 6) is -0.389. The van der Waals surface area contributed by atoms with E-state index < -0.39 is 41.7 Å². The lowest BCUT2D eigenvalue weighted by Crippen LogP contribution is -2.48. The van der Waals surface area contributed by atoms with Crippen molar-refractivity contribution in [3.8, 4) is 0 Å². The van der Waals surface area contributed by atoms with Gasteiger partial charge in [0.15, 0.2) is 5.79 Å². The Morgan fingerprint density at radius 1 is 1.20 bits per heavy atom. The van der Waals surface area contributed by atoms with Gasteiger partial charge in [0.1, 0.15) is 17.7 Å². The van der Waals surface area contributed by atoms with E-state index in [0.29, 0.717) is 11.8 Å². The van der Waals surface area contributed by atoms with Gasteiger partial charge in [0.2, 0.25) is 0 Å². The second-order valence-electron chi connectivity index (χ2n) is 10.0. The molecule has 2 N–H and O–H groups in total. The highest BCUT2D eigenvalue weighted by atomic mass is 16.8. The number of nitrogens with one attached hydrogen (secondary N) is 1. The third kappa shape index (κ3) is 6.08. The first kappa shape index (κ1) is 24.9. The lowest BCUT2D eigenvalue weighted by Gasteiger charge is -2.44. The van der Waals surface area contributed by atoms with Crippen LogP contribution in [0.4, 0.5) is 4.79 Å². The van der Waals surface area contributed by atoms with Gasteiger partial charge in [-0.3, -0.25) is 0 Å². The van der Waals surface area contributed by atoms with Crippen molar-refractivity contribution in [1.82, 2.24) is 5.32 Å². The number of carbonyl (C=O) groups is 2. The summed E-state index contributed by atoms with van der Waals surface area (Å²) >= 11 is 0. The number of esters is 1. The molecule has 1 heterocycles. The molecule has 2 fully saturated rings. The van der Waals surface area contributed by atoms with E-state index in [2.05, 4.69) is 26.1 Å². The molecule has 174 valence electrons. The van der Waals surface area contributed by atoms with Crippen LogP contribution in [0, 0.1) is 17.8 Å². The number of aliphatic hydroxyl groups excluding tert-OH is 1. The second kappa shape index (κ2) is 9.83. The minimum Gasteiger partial charge on any atom is -0.467 e. The molecule has 6 atom stereocenters. The van der Waals surface area contributed by atoms with Gasteiger partial charge in [-0.2, -0.15) is 0 Å².